The van der Waals surface area contributed by atoms with Gasteiger partial charge < -0.3 is 19.5 Å². The van der Waals surface area contributed by atoms with Gasteiger partial charge in [-0.3, -0.25) is 9.59 Å². The van der Waals surface area contributed by atoms with E-state index in [1.165, 1.54) is 25.5 Å². The van der Waals surface area contributed by atoms with Gasteiger partial charge in [0.15, 0.2) is 5.76 Å². The molecule has 1 aliphatic carbocycles. The van der Waals surface area contributed by atoms with Gasteiger partial charge in [-0.05, 0) is 37.1 Å². The van der Waals surface area contributed by atoms with Crippen molar-refractivity contribution >= 4 is 17.5 Å². The number of piperazine rings is 1. The van der Waals surface area contributed by atoms with Crippen molar-refractivity contribution in [2.24, 2.45) is 0 Å². The number of carbonyl (C=O) groups is 2. The highest BCUT2D eigenvalue weighted by molar-refractivity contribution is 5.93. The minimum atomic E-state index is -0.0905. The number of amides is 2. The number of nitrogens with one attached hydrogen (secondary N) is 1. The molecule has 2 aliphatic rings. The number of carbonyl (C=O) groups excluding carboxylic acids is 2. The first-order valence-electron chi connectivity index (χ1n) is 10.1. The van der Waals surface area contributed by atoms with Crippen molar-refractivity contribution in [3.8, 4) is 0 Å². The lowest BCUT2D eigenvalue weighted by Gasteiger charge is -2.35. The molecule has 0 atom stereocenters. The van der Waals surface area contributed by atoms with Gasteiger partial charge in [0.25, 0.3) is 11.8 Å². The third kappa shape index (κ3) is 4.18. The van der Waals surface area contributed by atoms with Crippen molar-refractivity contribution in [3.05, 3.63) is 48.2 Å². The molecule has 0 spiro atoms. The lowest BCUT2D eigenvalue weighted by Crippen LogP contribution is -2.48. The quantitative estimate of drug-likeness (QED) is 0.880. The standard InChI is InChI=1S/C21H26N4O3/c26-20(23-16-5-2-1-3-6-16)18-9-8-17(15-22-18)24-10-12-25(13-11-24)21(27)19-7-4-14-28-19/h4,7-9,14-16H,1-3,5-6,10-13H2,(H,23,26). The second kappa shape index (κ2) is 8.46. The van der Waals surface area contributed by atoms with Crippen LogP contribution in [0.2, 0.25) is 0 Å². The zero-order valence-electron chi connectivity index (χ0n) is 16.0. The molecule has 0 unspecified atom stereocenters. The first kappa shape index (κ1) is 18.5. The Morgan fingerprint density at radius 2 is 1.82 bits per heavy atom. The first-order valence-corrected chi connectivity index (χ1v) is 10.1. The molecule has 4 rings (SSSR count). The maximum atomic E-state index is 12.4. The van der Waals surface area contributed by atoms with Gasteiger partial charge in [-0.25, -0.2) is 4.98 Å². The molecule has 28 heavy (non-hydrogen) atoms. The van der Waals surface area contributed by atoms with Crippen molar-refractivity contribution in [3.63, 3.8) is 0 Å². The molecule has 0 radical (unpaired) electrons. The summed E-state index contributed by atoms with van der Waals surface area (Å²) in [5.74, 6) is 0.216. The summed E-state index contributed by atoms with van der Waals surface area (Å²) < 4.78 is 5.20. The summed E-state index contributed by atoms with van der Waals surface area (Å²) >= 11 is 0. The number of rotatable bonds is 4. The molecule has 2 amide bonds. The Morgan fingerprint density at radius 1 is 1.04 bits per heavy atom. The fraction of sp³-hybridized carbons (Fsp3) is 0.476. The highest BCUT2D eigenvalue weighted by Crippen LogP contribution is 2.19. The average Bonchev–Trinajstić information content (AvgIpc) is 3.29. The number of aromatic nitrogens is 1. The van der Waals surface area contributed by atoms with E-state index in [1.54, 1.807) is 29.3 Å². The fourth-order valence-electron chi connectivity index (χ4n) is 3.94. The normalized spacial score (nSPS) is 18.1. The summed E-state index contributed by atoms with van der Waals surface area (Å²) in [7, 11) is 0. The van der Waals surface area contributed by atoms with Crippen LogP contribution in [0.25, 0.3) is 0 Å². The Balaban J connectivity index is 1.31. The van der Waals surface area contributed by atoms with E-state index in [0.717, 1.165) is 31.6 Å². The SMILES string of the molecule is O=C(NC1CCCCC1)c1ccc(N2CCN(C(=O)c3ccco3)CC2)cn1. The Kier molecular flexibility index (Phi) is 5.60. The van der Waals surface area contributed by atoms with E-state index in [1.807, 2.05) is 6.07 Å². The first-order chi connectivity index (χ1) is 13.7. The van der Waals surface area contributed by atoms with Crippen LogP contribution >= 0.6 is 0 Å². The van der Waals surface area contributed by atoms with Crippen LogP contribution in [0.3, 0.4) is 0 Å². The Morgan fingerprint density at radius 3 is 2.46 bits per heavy atom. The number of anilines is 1. The topological polar surface area (TPSA) is 78.7 Å². The summed E-state index contributed by atoms with van der Waals surface area (Å²) in [6.07, 6.45) is 9.02. The Labute approximate surface area is 164 Å². The van der Waals surface area contributed by atoms with Crippen LogP contribution in [-0.2, 0) is 0 Å². The summed E-state index contributed by atoms with van der Waals surface area (Å²) in [6.45, 7) is 2.70. The van der Waals surface area contributed by atoms with E-state index < -0.39 is 0 Å². The van der Waals surface area contributed by atoms with Crippen molar-refractivity contribution < 1.29 is 14.0 Å². The third-order valence-electron chi connectivity index (χ3n) is 5.58. The molecule has 2 fully saturated rings. The molecule has 1 aliphatic heterocycles. The van der Waals surface area contributed by atoms with Crippen LogP contribution < -0.4 is 10.2 Å². The van der Waals surface area contributed by atoms with Crippen LogP contribution in [0, 0.1) is 0 Å². The predicted octanol–water partition coefficient (Wildman–Crippen LogP) is 2.70. The number of furan rings is 1. The monoisotopic (exact) mass is 382 g/mol. The van der Waals surface area contributed by atoms with Crippen molar-refractivity contribution in [2.75, 3.05) is 31.1 Å². The van der Waals surface area contributed by atoms with Crippen molar-refractivity contribution in [1.29, 1.82) is 0 Å². The molecule has 1 N–H and O–H groups in total. The van der Waals surface area contributed by atoms with Gasteiger partial charge in [-0.15, -0.1) is 0 Å². The molecule has 2 aromatic heterocycles. The Bertz CT molecular complexity index is 790. The number of nitrogens with zero attached hydrogens (tertiary/aromatic N) is 3. The van der Waals surface area contributed by atoms with Gasteiger partial charge in [0.05, 0.1) is 18.1 Å². The average molecular weight is 382 g/mol. The largest absolute Gasteiger partial charge is 0.459 e. The summed E-state index contributed by atoms with van der Waals surface area (Å²) in [4.78, 5) is 33.1. The molecule has 148 valence electrons. The minimum Gasteiger partial charge on any atom is -0.459 e. The van der Waals surface area contributed by atoms with E-state index in [2.05, 4.69) is 15.2 Å². The summed E-state index contributed by atoms with van der Waals surface area (Å²) in [6, 6.07) is 7.42. The summed E-state index contributed by atoms with van der Waals surface area (Å²) in [5, 5.41) is 3.10. The van der Waals surface area contributed by atoms with Crippen LogP contribution in [0.5, 0.6) is 0 Å². The molecule has 1 saturated heterocycles. The van der Waals surface area contributed by atoms with E-state index in [0.29, 0.717) is 24.5 Å². The smallest absolute Gasteiger partial charge is 0.289 e. The van der Waals surface area contributed by atoms with E-state index in [-0.39, 0.29) is 17.9 Å². The van der Waals surface area contributed by atoms with Crippen LogP contribution in [0.15, 0.2) is 41.1 Å². The van der Waals surface area contributed by atoms with Crippen molar-refractivity contribution in [2.45, 2.75) is 38.1 Å². The summed E-state index contributed by atoms with van der Waals surface area (Å²) in [5.41, 5.74) is 1.43. The zero-order chi connectivity index (χ0) is 19.3. The van der Waals surface area contributed by atoms with Gasteiger partial charge >= 0.3 is 0 Å². The second-order valence-corrected chi connectivity index (χ2v) is 7.47. The van der Waals surface area contributed by atoms with Crippen LogP contribution in [0.1, 0.15) is 53.1 Å². The van der Waals surface area contributed by atoms with Gasteiger partial charge in [0.1, 0.15) is 5.69 Å². The predicted molar refractivity (Wildman–Crippen MR) is 105 cm³/mol. The Hall–Kier alpha value is -2.83. The molecular formula is C21H26N4O3. The highest BCUT2D eigenvalue weighted by atomic mass is 16.3. The zero-order valence-corrected chi connectivity index (χ0v) is 16.0. The van der Waals surface area contributed by atoms with E-state index >= 15 is 0 Å². The molecular weight excluding hydrogens is 356 g/mol. The van der Waals surface area contributed by atoms with Crippen LogP contribution in [0.4, 0.5) is 5.69 Å². The maximum Gasteiger partial charge on any atom is 0.289 e. The van der Waals surface area contributed by atoms with Gasteiger partial charge in [-0.1, -0.05) is 19.3 Å². The van der Waals surface area contributed by atoms with Gasteiger partial charge in [0, 0.05) is 32.2 Å². The van der Waals surface area contributed by atoms with E-state index in [9.17, 15) is 9.59 Å². The van der Waals surface area contributed by atoms with Gasteiger partial charge in [0.2, 0.25) is 0 Å². The number of pyridine rings is 1. The molecule has 1 saturated carbocycles. The maximum absolute atomic E-state index is 12.4. The number of hydrogen-bond acceptors (Lipinski definition) is 5. The minimum absolute atomic E-state index is 0.0718. The highest BCUT2D eigenvalue weighted by Gasteiger charge is 2.24. The van der Waals surface area contributed by atoms with Gasteiger partial charge in [-0.2, -0.15) is 0 Å². The van der Waals surface area contributed by atoms with Crippen LogP contribution in [-0.4, -0.2) is 53.9 Å². The van der Waals surface area contributed by atoms with E-state index in [4.69, 9.17) is 4.42 Å². The lowest BCUT2D eigenvalue weighted by molar-refractivity contribution is 0.0714. The molecule has 2 aromatic rings. The molecule has 7 nitrogen and oxygen atoms in total. The third-order valence-corrected chi connectivity index (χ3v) is 5.58. The molecule has 3 heterocycles. The number of hydrogen-bond donors (Lipinski definition) is 1. The van der Waals surface area contributed by atoms with Crippen molar-refractivity contribution in [1.82, 2.24) is 15.2 Å². The molecule has 0 bridgehead atoms. The second-order valence-electron chi connectivity index (χ2n) is 7.47. The lowest BCUT2D eigenvalue weighted by atomic mass is 9.95. The molecule has 7 heteroatoms. The molecule has 0 aromatic carbocycles. The fourth-order valence-corrected chi connectivity index (χ4v) is 3.94.